The number of carbonyl (C=O) groups is 1. The average Bonchev–Trinajstić information content (AvgIpc) is 3.27. The molecule has 3 aliphatic heterocycles. The predicted molar refractivity (Wildman–Crippen MR) is 97.1 cm³/mol. The quantitative estimate of drug-likeness (QED) is 0.365. The molecule has 2 unspecified atom stereocenters. The summed E-state index contributed by atoms with van der Waals surface area (Å²) in [6.45, 7) is 3.44. The van der Waals surface area contributed by atoms with Crippen molar-refractivity contribution in [2.45, 2.75) is 36.8 Å². The van der Waals surface area contributed by atoms with Gasteiger partial charge in [-0.1, -0.05) is 31.2 Å². The van der Waals surface area contributed by atoms with Gasteiger partial charge in [-0.15, -0.1) is 0 Å². The molecule has 1 aromatic rings. The van der Waals surface area contributed by atoms with Crippen LogP contribution in [0.1, 0.15) is 25.3 Å². The first-order chi connectivity index (χ1) is 12.5. The first kappa shape index (κ1) is 15.2. The number of nitrogens with zero attached hydrogens (tertiary/aromatic N) is 1. The number of rotatable bonds is 1. The zero-order valence-electron chi connectivity index (χ0n) is 15.2. The maximum Gasteiger partial charge on any atom is 0.311 e. The summed E-state index contributed by atoms with van der Waals surface area (Å²) >= 11 is 0. The lowest BCUT2D eigenvalue weighted by Gasteiger charge is -2.56. The largest absolute Gasteiger partial charge is 0.632 e. The Morgan fingerprint density at radius 1 is 1.38 bits per heavy atom. The molecule has 26 heavy (non-hydrogen) atoms. The molecular formula is C21H24N2O3. The maximum absolute atomic E-state index is 13.9. The van der Waals surface area contributed by atoms with Gasteiger partial charge in [-0.05, 0) is 30.0 Å². The Bertz CT molecular complexity index is 884. The van der Waals surface area contributed by atoms with Crippen LogP contribution in [-0.2, 0) is 14.9 Å². The van der Waals surface area contributed by atoms with E-state index in [2.05, 4.69) is 42.6 Å². The fourth-order valence-corrected chi connectivity index (χ4v) is 8.20. The highest BCUT2D eigenvalue weighted by molar-refractivity contribution is 5.82. The van der Waals surface area contributed by atoms with E-state index in [0.29, 0.717) is 19.5 Å². The first-order valence-corrected chi connectivity index (χ1v) is 9.67. The van der Waals surface area contributed by atoms with Crippen molar-refractivity contribution >= 4 is 11.7 Å². The Balaban J connectivity index is 1.71. The molecule has 3 heterocycles. The molecule has 2 bridgehead atoms. The number of hydroxylamine groups is 3. The van der Waals surface area contributed by atoms with E-state index in [1.54, 1.807) is 0 Å². The minimum absolute atomic E-state index is 0.00736. The second kappa shape index (κ2) is 4.18. The van der Waals surface area contributed by atoms with Crippen molar-refractivity contribution in [2.75, 3.05) is 25.5 Å². The maximum atomic E-state index is 13.9. The van der Waals surface area contributed by atoms with Crippen molar-refractivity contribution < 1.29 is 14.2 Å². The number of para-hydroxylation sites is 1. The molecule has 0 amide bonds. The number of quaternary nitrogens is 1. The van der Waals surface area contributed by atoms with E-state index >= 15 is 0 Å². The van der Waals surface area contributed by atoms with E-state index in [1.807, 2.05) is 6.07 Å². The molecule has 3 fully saturated rings. The number of hydrogen-bond donors (Lipinski definition) is 1. The summed E-state index contributed by atoms with van der Waals surface area (Å²) in [6, 6.07) is 8.39. The monoisotopic (exact) mass is 352 g/mol. The zero-order chi connectivity index (χ0) is 17.9. The van der Waals surface area contributed by atoms with E-state index in [0.717, 1.165) is 12.1 Å². The van der Waals surface area contributed by atoms with Crippen molar-refractivity contribution in [1.29, 1.82) is 0 Å². The van der Waals surface area contributed by atoms with Gasteiger partial charge in [-0.25, -0.2) is 0 Å². The third-order valence-corrected chi connectivity index (χ3v) is 8.74. The molecule has 136 valence electrons. The summed E-state index contributed by atoms with van der Waals surface area (Å²) in [5.74, 6) is -0.151. The number of methoxy groups -OCH3 is 1. The number of fused-ring (bicyclic) bond motifs is 1. The number of anilines is 1. The molecule has 7 atom stereocenters. The fourth-order valence-electron chi connectivity index (χ4n) is 8.20. The highest BCUT2D eigenvalue weighted by Crippen LogP contribution is 2.80. The molecule has 5 aliphatic rings. The summed E-state index contributed by atoms with van der Waals surface area (Å²) in [6.07, 6.45) is 5.93. The second-order valence-corrected chi connectivity index (χ2v) is 9.04. The van der Waals surface area contributed by atoms with Gasteiger partial charge in [-0.2, -0.15) is 0 Å². The summed E-state index contributed by atoms with van der Waals surface area (Å²) in [5, 5.41) is 17.7. The lowest BCUT2D eigenvalue weighted by Crippen LogP contribution is -2.66. The highest BCUT2D eigenvalue weighted by atomic mass is 16.6. The van der Waals surface area contributed by atoms with Crippen LogP contribution in [0.15, 0.2) is 36.4 Å². The number of hydrogen-bond acceptors (Lipinski definition) is 4. The van der Waals surface area contributed by atoms with Crippen molar-refractivity contribution in [3.05, 3.63) is 47.2 Å². The van der Waals surface area contributed by atoms with E-state index < -0.39 is 5.54 Å². The standard InChI is InChI=1S/C21H24N2O3/c1-13-19-8-5-10-23(25)11-9-20(18(19)23)14-6-3-4-7-16(14)22-21(13,20)15(12-19)17(24)26-2/h3-8,13,15,18,22H,9-12H2,1-2H3/t13?,15-,18-,19-,20+,21+,23?/m0/s1. The van der Waals surface area contributed by atoms with Gasteiger partial charge in [0.2, 0.25) is 0 Å². The molecule has 2 aliphatic carbocycles. The molecule has 3 spiro atoms. The van der Waals surface area contributed by atoms with E-state index in [-0.39, 0.29) is 39.3 Å². The van der Waals surface area contributed by atoms with Gasteiger partial charge in [-0.3, -0.25) is 4.79 Å². The lowest BCUT2D eigenvalue weighted by molar-refractivity contribution is -0.897. The van der Waals surface area contributed by atoms with Gasteiger partial charge in [0.05, 0.1) is 37.1 Å². The van der Waals surface area contributed by atoms with Gasteiger partial charge in [0, 0.05) is 17.5 Å². The first-order valence-electron chi connectivity index (χ1n) is 9.67. The summed E-state index contributed by atoms with van der Waals surface area (Å²) in [7, 11) is 1.48. The smallest absolute Gasteiger partial charge is 0.311 e. The summed E-state index contributed by atoms with van der Waals surface area (Å²) in [4.78, 5) is 12.9. The number of benzene rings is 1. The van der Waals surface area contributed by atoms with Crippen LogP contribution in [0.4, 0.5) is 5.69 Å². The molecule has 1 N–H and O–H groups in total. The molecule has 5 heteroatoms. The molecule has 0 aromatic heterocycles. The summed E-state index contributed by atoms with van der Waals surface area (Å²) < 4.78 is 5.12. The van der Waals surface area contributed by atoms with Crippen LogP contribution in [-0.4, -0.2) is 42.4 Å². The zero-order valence-corrected chi connectivity index (χ0v) is 15.2. The SMILES string of the molecule is COC(=O)[C@@H]1C[C@@]23C=CC[N+]4([O-])CC[C@@]5(c6ccccc6N[C@]15C2C)[C@H]34. The van der Waals surface area contributed by atoms with Gasteiger partial charge in [0.25, 0.3) is 0 Å². The third kappa shape index (κ3) is 1.19. The minimum atomic E-state index is -0.423. The second-order valence-electron chi connectivity index (χ2n) is 9.04. The van der Waals surface area contributed by atoms with E-state index in [4.69, 9.17) is 4.74 Å². The van der Waals surface area contributed by atoms with Crippen LogP contribution in [0.3, 0.4) is 0 Å². The molecule has 6 rings (SSSR count). The molecular weight excluding hydrogens is 328 g/mol. The Labute approximate surface area is 153 Å². The van der Waals surface area contributed by atoms with Crippen molar-refractivity contribution in [2.24, 2.45) is 17.3 Å². The van der Waals surface area contributed by atoms with E-state index in [9.17, 15) is 10.0 Å². The van der Waals surface area contributed by atoms with Gasteiger partial charge in [0.15, 0.2) is 0 Å². The van der Waals surface area contributed by atoms with Crippen LogP contribution in [0, 0.1) is 22.5 Å². The minimum Gasteiger partial charge on any atom is -0.632 e. The Hall–Kier alpha value is -1.85. The number of ether oxygens (including phenoxy) is 1. The fraction of sp³-hybridized carbons (Fsp3) is 0.571. The van der Waals surface area contributed by atoms with Crippen molar-refractivity contribution in [3.63, 3.8) is 0 Å². The van der Waals surface area contributed by atoms with Crippen LogP contribution in [0.25, 0.3) is 0 Å². The normalized spacial score (nSPS) is 51.6. The number of esters is 1. The Morgan fingerprint density at radius 2 is 2.19 bits per heavy atom. The highest BCUT2D eigenvalue weighted by Gasteiger charge is 2.89. The van der Waals surface area contributed by atoms with Crippen LogP contribution < -0.4 is 5.32 Å². The molecule has 2 saturated carbocycles. The topological polar surface area (TPSA) is 61.4 Å². The average molecular weight is 352 g/mol. The number of carbonyl (C=O) groups excluding carboxylic acids is 1. The predicted octanol–water partition coefficient (Wildman–Crippen LogP) is 2.57. The lowest BCUT2D eigenvalue weighted by atomic mass is 9.57. The van der Waals surface area contributed by atoms with Crippen LogP contribution >= 0.6 is 0 Å². The third-order valence-electron chi connectivity index (χ3n) is 8.74. The van der Waals surface area contributed by atoms with Gasteiger partial charge < -0.3 is 19.9 Å². The van der Waals surface area contributed by atoms with E-state index in [1.165, 1.54) is 12.7 Å². The molecule has 1 saturated heterocycles. The van der Waals surface area contributed by atoms with Gasteiger partial charge >= 0.3 is 5.97 Å². The summed E-state index contributed by atoms with van der Waals surface area (Å²) in [5.41, 5.74) is 1.42. The van der Waals surface area contributed by atoms with Crippen molar-refractivity contribution in [3.8, 4) is 0 Å². The number of nitrogens with one attached hydrogen (secondary N) is 1. The van der Waals surface area contributed by atoms with Gasteiger partial charge in [0.1, 0.15) is 6.04 Å². The molecule has 0 radical (unpaired) electrons. The van der Waals surface area contributed by atoms with Crippen LogP contribution in [0.5, 0.6) is 0 Å². The Morgan fingerprint density at radius 3 is 3.00 bits per heavy atom. The van der Waals surface area contributed by atoms with Crippen LogP contribution in [0.2, 0.25) is 0 Å². The Kier molecular flexibility index (Phi) is 2.45. The molecule has 1 aromatic carbocycles. The van der Waals surface area contributed by atoms with Crippen molar-refractivity contribution in [1.82, 2.24) is 0 Å². The molecule has 5 nitrogen and oxygen atoms in total.